The molecule has 0 bridgehead atoms. The number of hydrogen-bond acceptors (Lipinski definition) is 6. The average Bonchev–Trinajstić information content (AvgIpc) is 2.74. The van der Waals surface area contributed by atoms with E-state index in [1.165, 1.54) is 0 Å². The van der Waals surface area contributed by atoms with E-state index in [9.17, 15) is 19.2 Å². The van der Waals surface area contributed by atoms with Crippen LogP contribution in [0.5, 0.6) is 0 Å². The van der Waals surface area contributed by atoms with Crippen molar-refractivity contribution in [2.24, 2.45) is 0 Å². The molecule has 0 aromatic rings. The molecule has 0 unspecified atom stereocenters. The monoisotopic (exact) mass is 550 g/mol. The number of carboxylic acid groups (broad SMARTS) is 2. The molecule has 210 valence electrons. The first-order chi connectivity index (χ1) is 16.8. The maximum Gasteiger partial charge on any atom is 0.406 e. The highest BCUT2D eigenvalue weighted by atomic mass is 28.4. The highest BCUT2D eigenvalue weighted by Gasteiger charge is 2.36. The van der Waals surface area contributed by atoms with E-state index < -0.39 is 34.9 Å². The molecule has 6 N–H and O–H groups in total. The number of alkyl carbamates (subject to hydrolysis) is 1. The van der Waals surface area contributed by atoms with Gasteiger partial charge < -0.3 is 40.3 Å². The molecule has 0 aromatic heterocycles. The maximum absolute atomic E-state index is 12.3. The highest BCUT2D eigenvalue weighted by molar-refractivity contribution is 6.86. The number of unbranched alkanes of at least 4 members (excludes halogenated alkanes) is 6. The van der Waals surface area contributed by atoms with E-state index in [1.54, 1.807) is 0 Å². The predicted octanol–water partition coefficient (Wildman–Crippen LogP) is 3.45. The van der Waals surface area contributed by atoms with Gasteiger partial charge in [0, 0.05) is 32.2 Å². The summed E-state index contributed by atoms with van der Waals surface area (Å²) >= 11 is 0. The molecule has 36 heavy (non-hydrogen) atoms. The van der Waals surface area contributed by atoms with Gasteiger partial charge in [-0.2, -0.15) is 0 Å². The lowest BCUT2D eigenvalue weighted by Crippen LogP contribution is -2.50. The summed E-state index contributed by atoms with van der Waals surface area (Å²) in [4.78, 5) is 45.0. The van der Waals surface area contributed by atoms with Gasteiger partial charge in [-0.25, -0.2) is 14.4 Å². The van der Waals surface area contributed by atoms with Gasteiger partial charge in [0.2, 0.25) is 14.2 Å². The molecule has 0 rings (SSSR count). The molecular weight excluding hydrogens is 504 g/mol. The first-order valence-electron chi connectivity index (χ1n) is 12.6. The summed E-state index contributed by atoms with van der Waals surface area (Å²) in [5.41, 5.74) is 0. The number of nitrogens with one attached hydrogen (secondary N) is 4. The van der Waals surface area contributed by atoms with Gasteiger partial charge in [-0.05, 0) is 51.9 Å². The summed E-state index contributed by atoms with van der Waals surface area (Å²) < 4.78 is 11.7. The molecule has 0 aromatic carbocycles. The van der Waals surface area contributed by atoms with Crippen molar-refractivity contribution in [3.8, 4) is 0 Å². The van der Waals surface area contributed by atoms with E-state index in [1.807, 2.05) is 26.2 Å². The lowest BCUT2D eigenvalue weighted by Gasteiger charge is -2.33. The largest absolute Gasteiger partial charge is 0.465 e. The molecule has 0 saturated heterocycles. The van der Waals surface area contributed by atoms with Crippen molar-refractivity contribution >= 4 is 40.8 Å². The number of rotatable bonds is 20. The molecule has 12 nitrogen and oxygen atoms in total. The van der Waals surface area contributed by atoms with Crippen LogP contribution in [0.1, 0.15) is 51.4 Å². The molecule has 14 heteroatoms. The van der Waals surface area contributed by atoms with Crippen LogP contribution in [0, 0.1) is 0 Å². The Morgan fingerprint density at radius 2 is 1.03 bits per heavy atom. The van der Waals surface area contributed by atoms with Crippen LogP contribution >= 0.6 is 0 Å². The average molecular weight is 551 g/mol. The van der Waals surface area contributed by atoms with Crippen molar-refractivity contribution in [2.45, 2.75) is 83.6 Å². The lowest BCUT2D eigenvalue weighted by atomic mass is 10.2. The third-order valence-electron chi connectivity index (χ3n) is 5.04. The summed E-state index contributed by atoms with van der Waals surface area (Å²) in [7, 11) is -4.61. The van der Waals surface area contributed by atoms with Gasteiger partial charge in [-0.1, -0.05) is 25.7 Å². The summed E-state index contributed by atoms with van der Waals surface area (Å²) in [6, 6.07) is 0.333. The molecule has 0 fully saturated rings. The minimum atomic E-state index is -2.32. The minimum absolute atomic E-state index is 0.0404. The smallest absolute Gasteiger partial charge is 0.406 e. The number of amides is 4. The first kappa shape index (κ1) is 33.7. The van der Waals surface area contributed by atoms with Gasteiger partial charge in [0.15, 0.2) is 8.32 Å². The number of carbonyl (C=O) groups is 4. The summed E-state index contributed by atoms with van der Waals surface area (Å²) in [6.45, 7) is 9.87. The zero-order valence-electron chi connectivity index (χ0n) is 22.2. The van der Waals surface area contributed by atoms with Crippen LogP contribution in [0.15, 0.2) is 0 Å². The van der Waals surface area contributed by atoms with Crippen molar-refractivity contribution in [1.82, 2.24) is 21.3 Å². The van der Waals surface area contributed by atoms with Crippen molar-refractivity contribution in [3.05, 3.63) is 0 Å². The summed E-state index contributed by atoms with van der Waals surface area (Å²) in [5, 5.41) is 27.3. The number of hydrogen-bond donors (Lipinski definition) is 6. The van der Waals surface area contributed by atoms with Crippen LogP contribution in [0.2, 0.25) is 32.2 Å². The second kappa shape index (κ2) is 18.9. The van der Waals surface area contributed by atoms with Crippen molar-refractivity contribution in [1.29, 1.82) is 0 Å². The Morgan fingerprint density at radius 3 is 1.47 bits per heavy atom. The normalized spacial score (nSPS) is 11.4. The Bertz CT molecular complexity index is 680. The van der Waals surface area contributed by atoms with Gasteiger partial charge >= 0.3 is 18.3 Å². The van der Waals surface area contributed by atoms with Crippen LogP contribution in [-0.2, 0) is 13.6 Å². The molecule has 0 spiro atoms. The number of ether oxygens (including phenoxy) is 1. The molecular formula is C22H46N4O8Si2. The first-order valence-corrected chi connectivity index (χ1v) is 18.9. The van der Waals surface area contributed by atoms with Crippen molar-refractivity contribution in [3.63, 3.8) is 0 Å². The maximum atomic E-state index is 12.3. The fourth-order valence-electron chi connectivity index (χ4n) is 3.57. The SMILES string of the molecule is C[Si](C)(COC(=O)NCCCCCCNC(=O)O)O[Si](C)(C)CC(=O)NCCCCCCNC(=O)O. The van der Waals surface area contributed by atoms with Crippen molar-refractivity contribution < 1.29 is 38.2 Å². The minimum Gasteiger partial charge on any atom is -0.465 e. The fourth-order valence-corrected chi connectivity index (χ4v) is 11.5. The van der Waals surface area contributed by atoms with E-state index >= 15 is 0 Å². The second-order valence-electron chi connectivity index (χ2n) is 9.94. The Hall–Kier alpha value is -2.33. The van der Waals surface area contributed by atoms with E-state index in [2.05, 4.69) is 21.3 Å². The van der Waals surface area contributed by atoms with E-state index in [4.69, 9.17) is 19.1 Å². The molecule has 0 aliphatic heterocycles. The van der Waals surface area contributed by atoms with E-state index in [0.29, 0.717) is 32.2 Å². The Balaban J connectivity index is 3.98. The second-order valence-corrected chi connectivity index (χ2v) is 18.4. The zero-order valence-corrected chi connectivity index (χ0v) is 24.2. The predicted molar refractivity (Wildman–Crippen MR) is 142 cm³/mol. The van der Waals surface area contributed by atoms with E-state index in [0.717, 1.165) is 51.4 Å². The third kappa shape index (κ3) is 22.2. The zero-order chi connectivity index (χ0) is 27.5. The molecule has 0 aliphatic carbocycles. The molecule has 4 amide bonds. The summed E-state index contributed by atoms with van der Waals surface area (Å²) in [6.07, 6.45) is 4.45. The van der Waals surface area contributed by atoms with Gasteiger partial charge in [-0.3, -0.25) is 4.79 Å². The van der Waals surface area contributed by atoms with Crippen LogP contribution in [0.4, 0.5) is 14.4 Å². The summed E-state index contributed by atoms with van der Waals surface area (Å²) in [5.74, 6) is -0.0404. The third-order valence-corrected chi connectivity index (χ3v) is 11.5. The van der Waals surface area contributed by atoms with Crippen molar-refractivity contribution in [2.75, 3.05) is 32.4 Å². The van der Waals surface area contributed by atoms with Gasteiger partial charge in [0.05, 0.1) is 0 Å². The highest BCUT2D eigenvalue weighted by Crippen LogP contribution is 2.19. The molecule has 0 radical (unpaired) electrons. The van der Waals surface area contributed by atoms with Gasteiger partial charge in [0.25, 0.3) is 0 Å². The molecule has 0 saturated carbocycles. The standard InChI is InChI=1S/C22H46N4O8Si2/c1-35(2,17-19(27)23-13-9-5-6-10-14-24-20(28)29)34-36(3,4)18-33-22(32)26-16-12-8-7-11-15-25-21(30)31/h24-25H,5-18H2,1-4H3,(H,23,27)(H,26,32)(H,28,29)(H,30,31). The fraction of sp³-hybridized carbons (Fsp3) is 0.818. The molecule has 0 aliphatic rings. The Kier molecular flexibility index (Phi) is 17.7. The molecule has 0 heterocycles. The van der Waals surface area contributed by atoms with E-state index in [-0.39, 0.29) is 12.1 Å². The quantitative estimate of drug-likeness (QED) is 0.0986. The Morgan fingerprint density at radius 1 is 0.611 bits per heavy atom. The van der Waals surface area contributed by atoms with Crippen LogP contribution in [0.3, 0.4) is 0 Å². The molecule has 0 atom stereocenters. The van der Waals surface area contributed by atoms with Crippen LogP contribution < -0.4 is 21.3 Å². The lowest BCUT2D eigenvalue weighted by molar-refractivity contribution is -0.119. The van der Waals surface area contributed by atoms with Gasteiger partial charge in [-0.15, -0.1) is 0 Å². The number of carbonyl (C=O) groups excluding carboxylic acids is 2. The van der Waals surface area contributed by atoms with Crippen LogP contribution in [-0.4, -0.2) is 83.4 Å². The van der Waals surface area contributed by atoms with Gasteiger partial charge in [0.1, 0.15) is 6.23 Å². The topological polar surface area (TPSA) is 175 Å². The Labute approximate surface area is 216 Å². The van der Waals surface area contributed by atoms with Crippen LogP contribution in [0.25, 0.3) is 0 Å².